The molecular weight excluding hydrogens is 162 g/mol. The Morgan fingerprint density at radius 2 is 2.17 bits per heavy atom. The van der Waals surface area contributed by atoms with Crippen LogP contribution in [0.2, 0.25) is 0 Å². The van der Waals surface area contributed by atoms with Gasteiger partial charge in [0.15, 0.2) is 0 Å². The molecule has 0 amide bonds. The molecule has 0 bridgehead atoms. The van der Waals surface area contributed by atoms with Crippen molar-refractivity contribution in [1.29, 1.82) is 0 Å². The summed E-state index contributed by atoms with van der Waals surface area (Å²) in [5.74, 6) is -2.96. The molecule has 1 aromatic rings. The zero-order valence-electron chi connectivity index (χ0n) is 6.72. The Kier molecular flexibility index (Phi) is 2.38. The molecule has 2 nitrogen and oxygen atoms in total. The second kappa shape index (κ2) is 3.15. The van der Waals surface area contributed by atoms with E-state index < -0.39 is 12.5 Å². The zero-order chi connectivity index (χ0) is 9.19. The molecule has 0 aromatic carbocycles. The summed E-state index contributed by atoms with van der Waals surface area (Å²) in [5, 5.41) is 0. The second-order valence-corrected chi connectivity index (χ2v) is 2.66. The van der Waals surface area contributed by atoms with Gasteiger partial charge in [-0.1, -0.05) is 0 Å². The summed E-state index contributed by atoms with van der Waals surface area (Å²) in [7, 11) is 0. The van der Waals surface area contributed by atoms with Gasteiger partial charge in [-0.2, -0.15) is 8.78 Å². The van der Waals surface area contributed by atoms with E-state index in [4.69, 9.17) is 5.73 Å². The maximum Gasteiger partial charge on any atom is 0.286 e. The molecule has 0 unspecified atom stereocenters. The average molecular weight is 172 g/mol. The summed E-state index contributed by atoms with van der Waals surface area (Å²) in [6, 6.07) is 1.39. The summed E-state index contributed by atoms with van der Waals surface area (Å²) < 4.78 is 25.8. The van der Waals surface area contributed by atoms with Crippen molar-refractivity contribution in [3.8, 4) is 0 Å². The fraction of sp³-hybridized carbons (Fsp3) is 0.375. The zero-order valence-corrected chi connectivity index (χ0v) is 6.72. The second-order valence-electron chi connectivity index (χ2n) is 2.66. The molecule has 66 valence electrons. The van der Waals surface area contributed by atoms with Gasteiger partial charge in [0.05, 0.1) is 6.54 Å². The van der Waals surface area contributed by atoms with Gasteiger partial charge < -0.3 is 5.73 Å². The van der Waals surface area contributed by atoms with Crippen LogP contribution in [0.4, 0.5) is 8.78 Å². The van der Waals surface area contributed by atoms with Gasteiger partial charge in [0.1, 0.15) is 0 Å². The Bertz CT molecular complexity index is 274. The number of nitrogens with zero attached hydrogens (tertiary/aromatic N) is 1. The number of hydrogen-bond donors (Lipinski definition) is 1. The summed E-state index contributed by atoms with van der Waals surface area (Å²) in [5.41, 5.74) is 5.50. The lowest BCUT2D eigenvalue weighted by Gasteiger charge is -2.13. The predicted molar refractivity (Wildman–Crippen MR) is 41.9 cm³/mol. The molecule has 0 radical (unpaired) electrons. The van der Waals surface area contributed by atoms with Crippen molar-refractivity contribution in [2.24, 2.45) is 5.73 Å². The monoisotopic (exact) mass is 172 g/mol. The van der Waals surface area contributed by atoms with E-state index in [0.29, 0.717) is 5.56 Å². The number of rotatable bonds is 2. The predicted octanol–water partition coefficient (Wildman–Crippen LogP) is 1.44. The Labute approximate surface area is 69.4 Å². The molecule has 0 aliphatic rings. The third-order valence-corrected chi connectivity index (χ3v) is 1.55. The lowest BCUT2D eigenvalue weighted by molar-refractivity contribution is 0.00555. The lowest BCUT2D eigenvalue weighted by atomic mass is 10.1. The van der Waals surface area contributed by atoms with Crippen molar-refractivity contribution in [2.75, 3.05) is 6.54 Å². The van der Waals surface area contributed by atoms with Gasteiger partial charge in [-0.25, -0.2) is 0 Å². The minimum atomic E-state index is -2.96. The third kappa shape index (κ3) is 1.76. The van der Waals surface area contributed by atoms with Gasteiger partial charge in [-0.15, -0.1) is 0 Å². The van der Waals surface area contributed by atoms with Crippen molar-refractivity contribution >= 4 is 0 Å². The van der Waals surface area contributed by atoms with E-state index in [1.54, 1.807) is 6.92 Å². The van der Waals surface area contributed by atoms with Gasteiger partial charge in [-0.3, -0.25) is 4.98 Å². The number of aromatic nitrogens is 1. The van der Waals surface area contributed by atoms with Crippen LogP contribution >= 0.6 is 0 Å². The molecule has 4 heteroatoms. The molecule has 0 aliphatic heterocycles. The van der Waals surface area contributed by atoms with Crippen LogP contribution in [-0.2, 0) is 5.92 Å². The number of hydrogen-bond acceptors (Lipinski definition) is 2. The molecule has 1 aromatic heterocycles. The van der Waals surface area contributed by atoms with E-state index in [0.717, 1.165) is 6.20 Å². The fourth-order valence-electron chi connectivity index (χ4n) is 0.873. The van der Waals surface area contributed by atoms with Crippen molar-refractivity contribution in [3.05, 3.63) is 29.6 Å². The van der Waals surface area contributed by atoms with Gasteiger partial charge >= 0.3 is 0 Å². The lowest BCUT2D eigenvalue weighted by Crippen LogP contribution is -2.25. The van der Waals surface area contributed by atoms with Crippen LogP contribution in [0.15, 0.2) is 18.5 Å². The maximum atomic E-state index is 12.9. The van der Waals surface area contributed by atoms with E-state index >= 15 is 0 Å². The SMILES string of the molecule is Cc1cncc(C(F)(F)CN)c1. The highest BCUT2D eigenvalue weighted by atomic mass is 19.3. The number of pyridine rings is 1. The maximum absolute atomic E-state index is 12.9. The molecular formula is C8H10F2N2. The molecule has 0 spiro atoms. The van der Waals surface area contributed by atoms with Crippen molar-refractivity contribution < 1.29 is 8.78 Å². The molecule has 0 fully saturated rings. The van der Waals surface area contributed by atoms with E-state index in [1.165, 1.54) is 12.3 Å². The Morgan fingerprint density at radius 1 is 1.50 bits per heavy atom. The highest BCUT2D eigenvalue weighted by Gasteiger charge is 2.29. The van der Waals surface area contributed by atoms with Gasteiger partial charge in [0.2, 0.25) is 0 Å². The molecule has 0 saturated heterocycles. The van der Waals surface area contributed by atoms with Crippen LogP contribution in [0.5, 0.6) is 0 Å². The topological polar surface area (TPSA) is 38.9 Å². The largest absolute Gasteiger partial charge is 0.325 e. The minimum Gasteiger partial charge on any atom is -0.325 e. The van der Waals surface area contributed by atoms with E-state index in [-0.39, 0.29) is 5.56 Å². The first-order chi connectivity index (χ1) is 5.56. The summed E-state index contributed by atoms with van der Waals surface area (Å²) in [6.07, 6.45) is 2.66. The molecule has 0 aliphatic carbocycles. The minimum absolute atomic E-state index is 0.120. The van der Waals surface area contributed by atoms with Gasteiger partial charge in [-0.05, 0) is 18.6 Å². The van der Waals surface area contributed by atoms with Crippen molar-refractivity contribution in [1.82, 2.24) is 4.98 Å². The smallest absolute Gasteiger partial charge is 0.286 e. The highest BCUT2D eigenvalue weighted by molar-refractivity contribution is 5.21. The molecule has 2 N–H and O–H groups in total. The third-order valence-electron chi connectivity index (χ3n) is 1.55. The first kappa shape index (κ1) is 9.06. The van der Waals surface area contributed by atoms with Crippen LogP contribution in [0, 0.1) is 6.92 Å². The fourth-order valence-corrected chi connectivity index (χ4v) is 0.873. The first-order valence-corrected chi connectivity index (χ1v) is 3.56. The quantitative estimate of drug-likeness (QED) is 0.733. The summed E-state index contributed by atoms with van der Waals surface area (Å²) in [4.78, 5) is 3.66. The first-order valence-electron chi connectivity index (χ1n) is 3.56. The Morgan fingerprint density at radius 3 is 2.67 bits per heavy atom. The van der Waals surface area contributed by atoms with E-state index in [2.05, 4.69) is 4.98 Å². The van der Waals surface area contributed by atoms with Crippen LogP contribution in [0.3, 0.4) is 0 Å². The molecule has 1 rings (SSSR count). The number of halogens is 2. The van der Waals surface area contributed by atoms with E-state index in [9.17, 15) is 8.78 Å². The Hall–Kier alpha value is -1.03. The highest BCUT2D eigenvalue weighted by Crippen LogP contribution is 2.25. The summed E-state index contributed by atoms with van der Waals surface area (Å²) >= 11 is 0. The van der Waals surface area contributed by atoms with Crippen molar-refractivity contribution in [3.63, 3.8) is 0 Å². The average Bonchev–Trinajstić information content (AvgIpc) is 2.05. The normalized spacial score (nSPS) is 11.7. The van der Waals surface area contributed by atoms with Crippen LogP contribution in [0.1, 0.15) is 11.1 Å². The van der Waals surface area contributed by atoms with Crippen LogP contribution < -0.4 is 5.73 Å². The number of nitrogens with two attached hydrogens (primary N) is 1. The van der Waals surface area contributed by atoms with Gasteiger partial charge in [0, 0.05) is 18.0 Å². The van der Waals surface area contributed by atoms with Gasteiger partial charge in [0.25, 0.3) is 5.92 Å². The standard InChI is InChI=1S/C8H10F2N2/c1-6-2-7(4-12-3-6)8(9,10)5-11/h2-4H,5,11H2,1H3. The van der Waals surface area contributed by atoms with Crippen LogP contribution in [-0.4, -0.2) is 11.5 Å². The van der Waals surface area contributed by atoms with Crippen LogP contribution in [0.25, 0.3) is 0 Å². The van der Waals surface area contributed by atoms with E-state index in [1.807, 2.05) is 0 Å². The molecule has 12 heavy (non-hydrogen) atoms. The molecule has 0 saturated carbocycles. The molecule has 0 atom stereocenters. The number of aryl methyl sites for hydroxylation is 1. The Balaban J connectivity index is 3.03. The summed E-state index contributed by atoms with van der Waals surface area (Å²) in [6.45, 7) is 1.03. The molecule has 1 heterocycles. The van der Waals surface area contributed by atoms with Crippen molar-refractivity contribution in [2.45, 2.75) is 12.8 Å². The number of alkyl halides is 2.